The molecule has 0 aromatic heterocycles. The number of rotatable bonds is 2. The van der Waals surface area contributed by atoms with Crippen LogP contribution >= 0.6 is 0 Å². The van der Waals surface area contributed by atoms with Gasteiger partial charge in [0.15, 0.2) is 0 Å². The predicted octanol–water partition coefficient (Wildman–Crippen LogP) is 3.22. The van der Waals surface area contributed by atoms with Crippen LogP contribution in [0.4, 0.5) is 14.9 Å². The molecule has 2 fully saturated rings. The van der Waals surface area contributed by atoms with Gasteiger partial charge in [0.25, 0.3) is 5.91 Å². The first-order valence-corrected chi connectivity index (χ1v) is 7.48. The Kier molecular flexibility index (Phi) is 3.43. The van der Waals surface area contributed by atoms with Crippen molar-refractivity contribution in [2.75, 3.05) is 4.90 Å². The molecule has 0 unspecified atom stereocenters. The van der Waals surface area contributed by atoms with Crippen molar-refractivity contribution in [2.24, 2.45) is 5.92 Å². The smallest absolute Gasteiger partial charge is 0.323 e. The van der Waals surface area contributed by atoms with Crippen molar-refractivity contribution in [3.8, 4) is 0 Å². The van der Waals surface area contributed by atoms with E-state index in [1.807, 2.05) is 0 Å². The van der Waals surface area contributed by atoms with E-state index in [1.54, 1.807) is 12.1 Å². The van der Waals surface area contributed by atoms with Gasteiger partial charge in [-0.05, 0) is 43.7 Å². The first-order valence-electron chi connectivity index (χ1n) is 7.48. The van der Waals surface area contributed by atoms with Crippen LogP contribution in [0.2, 0.25) is 0 Å². The van der Waals surface area contributed by atoms with E-state index in [0.717, 1.165) is 24.2 Å². The molecule has 112 valence electrons. The van der Waals surface area contributed by atoms with Gasteiger partial charge in [-0.2, -0.15) is 0 Å². The number of hydrogen-bond donors (Lipinski definition) is 1. The average Bonchev–Trinajstić information content (AvgIpc) is 2.72. The Hall–Kier alpha value is -1.91. The summed E-state index contributed by atoms with van der Waals surface area (Å²) >= 11 is 0. The predicted molar refractivity (Wildman–Crippen MR) is 77.4 cm³/mol. The lowest BCUT2D eigenvalue weighted by Crippen LogP contribution is -2.49. The second-order valence-corrected chi connectivity index (χ2v) is 5.96. The summed E-state index contributed by atoms with van der Waals surface area (Å²) in [7, 11) is 0. The molecule has 1 spiro atoms. The molecule has 1 N–H and O–H groups in total. The molecule has 2 aliphatic rings. The maximum atomic E-state index is 13.9. The van der Waals surface area contributed by atoms with E-state index in [9.17, 15) is 14.0 Å². The van der Waals surface area contributed by atoms with Crippen LogP contribution in [0.25, 0.3) is 0 Å². The number of carbonyl (C=O) groups is 2. The molecule has 21 heavy (non-hydrogen) atoms. The van der Waals surface area contributed by atoms with Gasteiger partial charge in [-0.15, -0.1) is 0 Å². The first kappa shape index (κ1) is 14.0. The summed E-state index contributed by atoms with van der Waals surface area (Å²) in [5, 5.41) is 2.81. The Bertz CT molecular complexity index is 579. The molecule has 3 amide bonds. The second kappa shape index (κ2) is 5.13. The van der Waals surface area contributed by atoms with Crippen LogP contribution in [0.5, 0.6) is 0 Å². The third kappa shape index (κ3) is 2.20. The number of imide groups is 1. The van der Waals surface area contributed by atoms with E-state index in [2.05, 4.69) is 12.2 Å². The van der Waals surface area contributed by atoms with Gasteiger partial charge in [0, 0.05) is 0 Å². The van der Waals surface area contributed by atoms with Crippen molar-refractivity contribution < 1.29 is 14.0 Å². The van der Waals surface area contributed by atoms with E-state index >= 15 is 0 Å². The van der Waals surface area contributed by atoms with Gasteiger partial charge in [-0.1, -0.05) is 25.5 Å². The molecule has 5 heteroatoms. The van der Waals surface area contributed by atoms with Crippen LogP contribution in [0, 0.1) is 11.7 Å². The van der Waals surface area contributed by atoms with E-state index in [4.69, 9.17) is 0 Å². The fourth-order valence-corrected chi connectivity index (χ4v) is 3.39. The summed E-state index contributed by atoms with van der Waals surface area (Å²) in [6.45, 7) is 2.14. The summed E-state index contributed by atoms with van der Waals surface area (Å²) in [6, 6.07) is 5.37. The SMILES string of the molecule is CCC1CCC2(CC1)NC(=O)N(c1ccccc1F)C2=O. The third-order valence-corrected chi connectivity index (χ3v) is 4.79. The summed E-state index contributed by atoms with van der Waals surface area (Å²) in [5.74, 6) is -0.254. The minimum absolute atomic E-state index is 0.0366. The lowest BCUT2D eigenvalue weighted by atomic mass is 9.75. The van der Waals surface area contributed by atoms with E-state index in [0.29, 0.717) is 18.8 Å². The molecule has 1 aliphatic heterocycles. The van der Waals surface area contributed by atoms with Crippen molar-refractivity contribution in [2.45, 2.75) is 44.6 Å². The topological polar surface area (TPSA) is 49.4 Å². The van der Waals surface area contributed by atoms with Gasteiger partial charge in [0.2, 0.25) is 0 Å². The molecule has 1 aromatic carbocycles. The summed E-state index contributed by atoms with van der Waals surface area (Å²) < 4.78 is 13.9. The number of carbonyl (C=O) groups excluding carboxylic acids is 2. The minimum Gasteiger partial charge on any atom is -0.323 e. The van der Waals surface area contributed by atoms with Crippen LogP contribution in [0.15, 0.2) is 24.3 Å². The van der Waals surface area contributed by atoms with Gasteiger partial charge in [-0.3, -0.25) is 4.79 Å². The van der Waals surface area contributed by atoms with Crippen LogP contribution in [-0.4, -0.2) is 17.5 Å². The zero-order chi connectivity index (χ0) is 15.0. The van der Waals surface area contributed by atoms with Gasteiger partial charge >= 0.3 is 6.03 Å². The van der Waals surface area contributed by atoms with Crippen molar-refractivity contribution >= 4 is 17.6 Å². The standard InChI is InChI=1S/C16H19FN2O2/c1-2-11-7-9-16(10-8-11)14(20)19(15(21)18-16)13-6-4-3-5-12(13)17/h3-6,11H,2,7-10H2,1H3,(H,18,21). The number of halogens is 1. The normalized spacial score (nSPS) is 29.0. The number of amides is 3. The van der Waals surface area contributed by atoms with Crippen LogP contribution in [0.3, 0.4) is 0 Å². The number of urea groups is 1. The third-order valence-electron chi connectivity index (χ3n) is 4.79. The number of nitrogens with zero attached hydrogens (tertiary/aromatic N) is 1. The van der Waals surface area contributed by atoms with Crippen molar-refractivity contribution in [3.63, 3.8) is 0 Å². The van der Waals surface area contributed by atoms with Gasteiger partial charge in [-0.25, -0.2) is 14.1 Å². The van der Waals surface area contributed by atoms with E-state index in [1.165, 1.54) is 12.1 Å². The number of hydrogen-bond acceptors (Lipinski definition) is 2. The molecule has 4 nitrogen and oxygen atoms in total. The molecule has 3 rings (SSSR count). The largest absolute Gasteiger partial charge is 0.329 e. The fraction of sp³-hybridized carbons (Fsp3) is 0.500. The van der Waals surface area contributed by atoms with Crippen LogP contribution in [0.1, 0.15) is 39.0 Å². The highest BCUT2D eigenvalue weighted by Gasteiger charge is 2.53. The van der Waals surface area contributed by atoms with Crippen molar-refractivity contribution in [1.29, 1.82) is 0 Å². The molecule has 1 aliphatic carbocycles. The molecular formula is C16H19FN2O2. The number of benzene rings is 1. The van der Waals surface area contributed by atoms with Crippen LogP contribution in [-0.2, 0) is 4.79 Å². The molecule has 0 atom stereocenters. The molecule has 1 saturated heterocycles. The summed E-state index contributed by atoms with van der Waals surface area (Å²) in [4.78, 5) is 25.9. The zero-order valence-corrected chi connectivity index (χ0v) is 12.1. The van der Waals surface area contributed by atoms with Crippen molar-refractivity contribution in [3.05, 3.63) is 30.1 Å². The highest BCUT2D eigenvalue weighted by Crippen LogP contribution is 2.39. The number of para-hydroxylation sites is 1. The van der Waals surface area contributed by atoms with Crippen molar-refractivity contribution in [1.82, 2.24) is 5.32 Å². The summed E-state index contributed by atoms with van der Waals surface area (Å²) in [5.41, 5.74) is -0.792. The Morgan fingerprint density at radius 2 is 1.95 bits per heavy atom. The molecule has 0 bridgehead atoms. The monoisotopic (exact) mass is 290 g/mol. The summed E-state index contributed by atoms with van der Waals surface area (Å²) in [6.07, 6.45) is 4.22. The van der Waals surface area contributed by atoms with Gasteiger partial charge < -0.3 is 5.32 Å². The lowest BCUT2D eigenvalue weighted by Gasteiger charge is -2.34. The number of anilines is 1. The molecular weight excluding hydrogens is 271 g/mol. The van der Waals surface area contributed by atoms with E-state index in [-0.39, 0.29) is 11.6 Å². The molecule has 0 radical (unpaired) electrons. The highest BCUT2D eigenvalue weighted by atomic mass is 19.1. The molecule has 1 aromatic rings. The quantitative estimate of drug-likeness (QED) is 0.850. The minimum atomic E-state index is -0.828. The average molecular weight is 290 g/mol. The first-order chi connectivity index (χ1) is 10.1. The maximum absolute atomic E-state index is 13.9. The van der Waals surface area contributed by atoms with Crippen LogP contribution < -0.4 is 10.2 Å². The maximum Gasteiger partial charge on any atom is 0.329 e. The Labute approximate surface area is 123 Å². The lowest BCUT2D eigenvalue weighted by molar-refractivity contribution is -0.123. The molecule has 1 saturated carbocycles. The Balaban J connectivity index is 1.88. The number of nitrogens with one attached hydrogen (secondary N) is 1. The Morgan fingerprint density at radius 3 is 2.57 bits per heavy atom. The fourth-order valence-electron chi connectivity index (χ4n) is 3.39. The zero-order valence-electron chi connectivity index (χ0n) is 12.1. The molecule has 1 heterocycles. The van der Waals surface area contributed by atoms with Gasteiger partial charge in [0.1, 0.15) is 11.4 Å². The van der Waals surface area contributed by atoms with E-state index < -0.39 is 17.4 Å². The Morgan fingerprint density at radius 1 is 1.29 bits per heavy atom. The highest BCUT2D eigenvalue weighted by molar-refractivity contribution is 6.23. The van der Waals surface area contributed by atoms with Gasteiger partial charge in [0.05, 0.1) is 5.69 Å². The second-order valence-electron chi connectivity index (χ2n) is 5.96.